The second-order valence-corrected chi connectivity index (χ2v) is 7.28. The Labute approximate surface area is 118 Å². The number of rotatable bonds is 7. The van der Waals surface area contributed by atoms with E-state index in [1.165, 1.54) is 11.3 Å². The molecule has 0 radical (unpaired) electrons. The zero-order chi connectivity index (χ0) is 13.7. The van der Waals surface area contributed by atoms with Crippen LogP contribution in [0.2, 0.25) is 0 Å². The number of hydrogen-bond acceptors (Lipinski definition) is 5. The molecule has 2 N–H and O–H groups in total. The van der Waals surface area contributed by atoms with Crippen LogP contribution in [0.3, 0.4) is 0 Å². The van der Waals surface area contributed by atoms with E-state index in [-0.39, 0.29) is 6.10 Å². The first kappa shape index (κ1) is 14.9. The maximum absolute atomic E-state index is 12.1. The molecule has 5 nitrogen and oxygen atoms in total. The van der Waals surface area contributed by atoms with E-state index >= 15 is 0 Å². The summed E-state index contributed by atoms with van der Waals surface area (Å²) in [5.41, 5.74) is 0. The number of sulfonamides is 1. The molecule has 2 heterocycles. The monoisotopic (exact) mass is 304 g/mol. The van der Waals surface area contributed by atoms with E-state index in [1.54, 1.807) is 11.4 Å². The van der Waals surface area contributed by atoms with E-state index < -0.39 is 10.0 Å². The minimum absolute atomic E-state index is 0.0228. The van der Waals surface area contributed by atoms with E-state index in [0.717, 1.165) is 30.9 Å². The predicted molar refractivity (Wildman–Crippen MR) is 75.9 cm³/mol. The number of hydrogen-bond donors (Lipinski definition) is 2. The highest BCUT2D eigenvalue weighted by Gasteiger charge is 2.21. The average Bonchev–Trinajstić information content (AvgIpc) is 3.05. The zero-order valence-electron chi connectivity index (χ0n) is 11.0. The van der Waals surface area contributed by atoms with Gasteiger partial charge in [0.25, 0.3) is 0 Å². The smallest absolute Gasteiger partial charge is 0.241 e. The van der Waals surface area contributed by atoms with Crippen LogP contribution >= 0.6 is 11.3 Å². The van der Waals surface area contributed by atoms with E-state index in [9.17, 15) is 8.42 Å². The third-order valence-electron chi connectivity index (χ3n) is 3.01. The third-order valence-corrected chi connectivity index (χ3v) is 5.50. The standard InChI is InChI=1S/C12H20N2O3S2/c1-2-13-8-11-6-12(9-18-11)19(15,16)14-7-10-4-3-5-17-10/h6,9-10,13-14H,2-5,7-8H2,1H3. The molecule has 0 bridgehead atoms. The second kappa shape index (κ2) is 6.81. The van der Waals surface area contributed by atoms with Gasteiger partial charge in [-0.15, -0.1) is 11.3 Å². The SMILES string of the molecule is CCNCc1cc(S(=O)(=O)NCC2CCCO2)cs1. The van der Waals surface area contributed by atoms with Crippen LogP contribution < -0.4 is 10.0 Å². The molecule has 0 saturated carbocycles. The molecule has 1 aromatic rings. The Hall–Kier alpha value is -0.470. The summed E-state index contributed by atoms with van der Waals surface area (Å²) in [5, 5.41) is 4.87. The minimum atomic E-state index is -3.40. The van der Waals surface area contributed by atoms with E-state index in [4.69, 9.17) is 4.74 Å². The fraction of sp³-hybridized carbons (Fsp3) is 0.667. The predicted octanol–water partition coefficient (Wildman–Crippen LogP) is 1.31. The molecule has 1 aromatic heterocycles. The fourth-order valence-electron chi connectivity index (χ4n) is 1.93. The molecule has 0 spiro atoms. The van der Waals surface area contributed by atoms with Crippen molar-refractivity contribution in [3.63, 3.8) is 0 Å². The van der Waals surface area contributed by atoms with Crippen molar-refractivity contribution >= 4 is 21.4 Å². The molecule has 0 aromatic carbocycles. The van der Waals surface area contributed by atoms with Gasteiger partial charge in [-0.3, -0.25) is 0 Å². The lowest BCUT2D eigenvalue weighted by Crippen LogP contribution is -2.31. The third kappa shape index (κ3) is 4.25. The number of ether oxygens (including phenoxy) is 1. The summed E-state index contributed by atoms with van der Waals surface area (Å²) in [4.78, 5) is 1.38. The lowest BCUT2D eigenvalue weighted by atomic mass is 10.2. The van der Waals surface area contributed by atoms with Gasteiger partial charge >= 0.3 is 0 Å². The maximum atomic E-state index is 12.1. The number of nitrogens with one attached hydrogen (secondary N) is 2. The topological polar surface area (TPSA) is 67.4 Å². The molecule has 7 heteroatoms. The first-order valence-corrected chi connectivity index (χ1v) is 8.87. The van der Waals surface area contributed by atoms with E-state index in [1.807, 2.05) is 6.92 Å². The fourth-order valence-corrected chi connectivity index (χ4v) is 4.24. The summed E-state index contributed by atoms with van der Waals surface area (Å²) in [6.07, 6.45) is 1.96. The lowest BCUT2D eigenvalue weighted by Gasteiger charge is -2.10. The largest absolute Gasteiger partial charge is 0.377 e. The highest BCUT2D eigenvalue weighted by molar-refractivity contribution is 7.89. The lowest BCUT2D eigenvalue weighted by molar-refractivity contribution is 0.114. The Balaban J connectivity index is 1.92. The van der Waals surface area contributed by atoms with Crippen LogP contribution in [0.25, 0.3) is 0 Å². The van der Waals surface area contributed by atoms with Gasteiger partial charge in [0.1, 0.15) is 0 Å². The summed E-state index contributed by atoms with van der Waals surface area (Å²) in [6.45, 7) is 4.70. The molecule has 1 aliphatic heterocycles. The molecule has 1 saturated heterocycles. The van der Waals surface area contributed by atoms with Crippen LogP contribution in [-0.2, 0) is 21.3 Å². The van der Waals surface area contributed by atoms with Crippen molar-refractivity contribution in [3.8, 4) is 0 Å². The van der Waals surface area contributed by atoms with Gasteiger partial charge in [-0.1, -0.05) is 6.92 Å². The van der Waals surface area contributed by atoms with E-state index in [2.05, 4.69) is 10.0 Å². The van der Waals surface area contributed by atoms with E-state index in [0.29, 0.717) is 18.0 Å². The Bertz CT molecular complexity index is 493. The Morgan fingerprint density at radius 1 is 1.53 bits per heavy atom. The summed E-state index contributed by atoms with van der Waals surface area (Å²) in [5.74, 6) is 0. The highest BCUT2D eigenvalue weighted by atomic mass is 32.2. The van der Waals surface area contributed by atoms with Crippen molar-refractivity contribution in [1.29, 1.82) is 0 Å². The van der Waals surface area contributed by atoms with Gasteiger partial charge in [0.2, 0.25) is 10.0 Å². The van der Waals surface area contributed by atoms with Gasteiger partial charge in [-0.25, -0.2) is 13.1 Å². The van der Waals surface area contributed by atoms with Crippen molar-refractivity contribution in [3.05, 3.63) is 16.3 Å². The molecule has 1 atom stereocenters. The van der Waals surface area contributed by atoms with Crippen LogP contribution in [0.5, 0.6) is 0 Å². The normalized spacial score (nSPS) is 19.9. The van der Waals surface area contributed by atoms with Crippen LogP contribution in [0.1, 0.15) is 24.6 Å². The van der Waals surface area contributed by atoms with Crippen molar-refractivity contribution in [2.75, 3.05) is 19.7 Å². The van der Waals surface area contributed by atoms with Gasteiger partial charge in [0.05, 0.1) is 11.0 Å². The molecule has 2 rings (SSSR count). The summed E-state index contributed by atoms with van der Waals surface area (Å²) in [7, 11) is -3.40. The Morgan fingerprint density at radius 2 is 2.37 bits per heavy atom. The average molecular weight is 304 g/mol. The number of thiophene rings is 1. The molecule has 1 aliphatic rings. The van der Waals surface area contributed by atoms with Crippen molar-refractivity contribution < 1.29 is 13.2 Å². The molecule has 0 aliphatic carbocycles. The van der Waals surface area contributed by atoms with Crippen LogP contribution in [0.15, 0.2) is 16.3 Å². The second-order valence-electron chi connectivity index (χ2n) is 4.52. The Kier molecular flexibility index (Phi) is 5.35. The first-order valence-electron chi connectivity index (χ1n) is 6.51. The van der Waals surface area contributed by atoms with Crippen LogP contribution in [0.4, 0.5) is 0 Å². The van der Waals surface area contributed by atoms with Gasteiger partial charge in [-0.2, -0.15) is 0 Å². The molecular formula is C12H20N2O3S2. The van der Waals surface area contributed by atoms with Crippen molar-refractivity contribution in [2.45, 2.75) is 37.3 Å². The summed E-state index contributed by atoms with van der Waals surface area (Å²) >= 11 is 1.46. The first-order chi connectivity index (χ1) is 9.12. The van der Waals surface area contributed by atoms with Gasteiger partial charge in [0, 0.05) is 30.0 Å². The van der Waals surface area contributed by atoms with Gasteiger partial charge in [0.15, 0.2) is 0 Å². The molecule has 1 unspecified atom stereocenters. The summed E-state index contributed by atoms with van der Waals surface area (Å²) < 4.78 is 32.2. The molecule has 1 fully saturated rings. The van der Waals surface area contributed by atoms with Crippen molar-refractivity contribution in [2.24, 2.45) is 0 Å². The summed E-state index contributed by atoms with van der Waals surface area (Å²) in [6, 6.07) is 1.73. The van der Waals surface area contributed by atoms with Crippen LogP contribution in [0, 0.1) is 0 Å². The maximum Gasteiger partial charge on any atom is 0.241 e. The van der Waals surface area contributed by atoms with Crippen LogP contribution in [-0.4, -0.2) is 34.2 Å². The molecule has 0 amide bonds. The molecule has 108 valence electrons. The Morgan fingerprint density at radius 3 is 3.05 bits per heavy atom. The van der Waals surface area contributed by atoms with Crippen molar-refractivity contribution in [1.82, 2.24) is 10.0 Å². The zero-order valence-corrected chi connectivity index (χ0v) is 12.6. The molecule has 19 heavy (non-hydrogen) atoms. The minimum Gasteiger partial charge on any atom is -0.377 e. The van der Waals surface area contributed by atoms with Gasteiger partial charge in [-0.05, 0) is 25.5 Å². The molecular weight excluding hydrogens is 284 g/mol. The quantitative estimate of drug-likeness (QED) is 0.797. The van der Waals surface area contributed by atoms with Gasteiger partial charge < -0.3 is 10.1 Å². The highest BCUT2D eigenvalue weighted by Crippen LogP contribution is 2.19.